The lowest BCUT2D eigenvalue weighted by atomic mass is 10.1. The molecule has 0 aromatic rings. The average molecular weight is 239 g/mol. The molecule has 0 amide bonds. The molecular weight excluding hydrogens is 210 g/mol. The van der Waals surface area contributed by atoms with E-state index in [0.717, 1.165) is 18.9 Å². The van der Waals surface area contributed by atoms with E-state index in [1.807, 2.05) is 14.0 Å². The van der Waals surface area contributed by atoms with Crippen LogP contribution in [0.3, 0.4) is 0 Å². The lowest BCUT2D eigenvalue weighted by Gasteiger charge is -2.17. The molecule has 1 unspecified atom stereocenters. The van der Waals surface area contributed by atoms with Crippen molar-refractivity contribution in [2.75, 3.05) is 13.6 Å². The molecule has 0 heterocycles. The summed E-state index contributed by atoms with van der Waals surface area (Å²) in [5.41, 5.74) is 0. The minimum atomic E-state index is 0.495. The van der Waals surface area contributed by atoms with E-state index in [4.69, 9.17) is 0 Å². The van der Waals surface area contributed by atoms with Gasteiger partial charge in [-0.1, -0.05) is 38.3 Å². The second-order valence-electron chi connectivity index (χ2n) is 4.40. The van der Waals surface area contributed by atoms with E-state index in [-0.39, 0.29) is 0 Å². The summed E-state index contributed by atoms with van der Waals surface area (Å²) >= 11 is 0. The van der Waals surface area contributed by atoms with E-state index in [1.54, 1.807) is 0 Å². The van der Waals surface area contributed by atoms with E-state index in [9.17, 15) is 0 Å². The molecule has 100 valence electrons. The van der Waals surface area contributed by atoms with Crippen molar-refractivity contribution >= 4 is 5.96 Å². The zero-order valence-corrected chi connectivity index (χ0v) is 11.9. The minimum absolute atomic E-state index is 0.495. The van der Waals surface area contributed by atoms with E-state index >= 15 is 0 Å². The molecule has 0 fully saturated rings. The fourth-order valence-corrected chi connectivity index (χ4v) is 1.64. The largest absolute Gasteiger partial charge is 0.356 e. The van der Waals surface area contributed by atoms with Gasteiger partial charge in [0.1, 0.15) is 0 Å². The molecule has 0 rings (SSSR count). The molecule has 0 aliphatic carbocycles. The van der Waals surface area contributed by atoms with Gasteiger partial charge in [0, 0.05) is 19.6 Å². The van der Waals surface area contributed by atoms with Crippen LogP contribution in [0.2, 0.25) is 0 Å². The molecule has 0 radical (unpaired) electrons. The summed E-state index contributed by atoms with van der Waals surface area (Å²) in [6.45, 7) is 7.43. The third-order valence-corrected chi connectivity index (χ3v) is 2.69. The standard InChI is InChI=1S/C14H29N3/c1-5-7-9-11-13(3)17-14(15-4)16-12-10-8-6-2/h6,8,13H,5,7,9-12H2,1-4H3,(H2,15,16,17)/b8-6+. The number of allylic oxidation sites excluding steroid dienone is 1. The number of guanidine groups is 1. The molecule has 3 nitrogen and oxygen atoms in total. The molecule has 0 spiro atoms. The molecule has 2 N–H and O–H groups in total. The number of hydrogen-bond donors (Lipinski definition) is 2. The molecule has 0 aliphatic heterocycles. The molecular formula is C14H29N3. The molecule has 1 atom stereocenters. The fourth-order valence-electron chi connectivity index (χ4n) is 1.64. The third kappa shape index (κ3) is 9.91. The maximum Gasteiger partial charge on any atom is 0.191 e. The monoisotopic (exact) mass is 239 g/mol. The number of rotatable bonds is 8. The van der Waals surface area contributed by atoms with Gasteiger partial charge >= 0.3 is 0 Å². The fraction of sp³-hybridized carbons (Fsp3) is 0.786. The number of unbranched alkanes of at least 4 members (excludes halogenated alkanes) is 2. The maximum absolute atomic E-state index is 4.22. The van der Waals surface area contributed by atoms with Crippen LogP contribution >= 0.6 is 0 Å². The Hall–Kier alpha value is -0.990. The Morgan fingerprint density at radius 2 is 2.12 bits per heavy atom. The second-order valence-corrected chi connectivity index (χ2v) is 4.40. The van der Waals surface area contributed by atoms with Crippen LogP contribution in [-0.2, 0) is 0 Å². The van der Waals surface area contributed by atoms with Crippen molar-refractivity contribution in [1.29, 1.82) is 0 Å². The molecule has 0 saturated carbocycles. The lowest BCUT2D eigenvalue weighted by molar-refractivity contribution is 0.547. The average Bonchev–Trinajstić information content (AvgIpc) is 2.33. The van der Waals surface area contributed by atoms with Crippen LogP contribution in [0.4, 0.5) is 0 Å². The summed E-state index contributed by atoms with van der Waals surface area (Å²) in [5, 5.41) is 6.73. The van der Waals surface area contributed by atoms with Crippen LogP contribution in [0.15, 0.2) is 17.1 Å². The van der Waals surface area contributed by atoms with Gasteiger partial charge < -0.3 is 10.6 Å². The van der Waals surface area contributed by atoms with E-state index in [1.165, 1.54) is 25.7 Å². The highest BCUT2D eigenvalue weighted by Gasteiger charge is 2.03. The van der Waals surface area contributed by atoms with E-state index < -0.39 is 0 Å². The maximum atomic E-state index is 4.22. The zero-order valence-electron chi connectivity index (χ0n) is 11.9. The van der Waals surface area contributed by atoms with Gasteiger partial charge in [-0.15, -0.1) is 0 Å². The van der Waals surface area contributed by atoms with Crippen molar-refractivity contribution in [3.8, 4) is 0 Å². The summed E-state index contributed by atoms with van der Waals surface area (Å²) in [4.78, 5) is 4.22. The van der Waals surface area contributed by atoms with Crippen LogP contribution in [0.25, 0.3) is 0 Å². The van der Waals surface area contributed by atoms with Crippen molar-refractivity contribution in [3.63, 3.8) is 0 Å². The Bertz CT molecular complexity index is 222. The number of nitrogens with zero attached hydrogens (tertiary/aromatic N) is 1. The highest BCUT2D eigenvalue weighted by molar-refractivity contribution is 5.79. The Balaban J connectivity index is 3.72. The number of nitrogens with one attached hydrogen (secondary N) is 2. The van der Waals surface area contributed by atoms with E-state index in [2.05, 4.69) is 41.6 Å². The summed E-state index contributed by atoms with van der Waals surface area (Å²) in [7, 11) is 1.82. The summed E-state index contributed by atoms with van der Waals surface area (Å²) < 4.78 is 0. The molecule has 0 bridgehead atoms. The van der Waals surface area contributed by atoms with Gasteiger partial charge in [0.25, 0.3) is 0 Å². The topological polar surface area (TPSA) is 36.4 Å². The Morgan fingerprint density at radius 3 is 2.71 bits per heavy atom. The molecule has 0 aromatic carbocycles. The van der Waals surface area contributed by atoms with Crippen molar-refractivity contribution in [1.82, 2.24) is 10.6 Å². The van der Waals surface area contributed by atoms with Gasteiger partial charge in [-0.05, 0) is 26.7 Å². The van der Waals surface area contributed by atoms with E-state index in [0.29, 0.717) is 6.04 Å². The Labute approximate surface area is 107 Å². The highest BCUT2D eigenvalue weighted by atomic mass is 15.2. The van der Waals surface area contributed by atoms with Gasteiger partial charge in [0.2, 0.25) is 0 Å². The molecule has 3 heteroatoms. The first kappa shape index (κ1) is 16.0. The SMILES string of the molecule is C/C=C/CCNC(=NC)NC(C)CCCCC. The van der Waals surface area contributed by atoms with Crippen LogP contribution in [0, 0.1) is 0 Å². The summed E-state index contributed by atoms with van der Waals surface area (Å²) in [6, 6.07) is 0.495. The summed E-state index contributed by atoms with van der Waals surface area (Å²) in [6.07, 6.45) is 10.4. The van der Waals surface area contributed by atoms with Crippen LogP contribution in [0.1, 0.15) is 52.9 Å². The van der Waals surface area contributed by atoms with Crippen molar-refractivity contribution in [3.05, 3.63) is 12.2 Å². The Kier molecular flexibility index (Phi) is 10.8. The molecule has 0 aliphatic rings. The van der Waals surface area contributed by atoms with Crippen LogP contribution in [0.5, 0.6) is 0 Å². The van der Waals surface area contributed by atoms with Gasteiger partial charge in [0.15, 0.2) is 5.96 Å². The van der Waals surface area contributed by atoms with Gasteiger partial charge in [-0.3, -0.25) is 4.99 Å². The van der Waals surface area contributed by atoms with Crippen LogP contribution < -0.4 is 10.6 Å². The minimum Gasteiger partial charge on any atom is -0.356 e. The van der Waals surface area contributed by atoms with Crippen molar-refractivity contribution < 1.29 is 0 Å². The molecule has 17 heavy (non-hydrogen) atoms. The quantitative estimate of drug-likeness (QED) is 0.295. The predicted molar refractivity (Wildman–Crippen MR) is 77.5 cm³/mol. The number of hydrogen-bond acceptors (Lipinski definition) is 1. The summed E-state index contributed by atoms with van der Waals surface area (Å²) in [5.74, 6) is 0.915. The first-order chi connectivity index (χ1) is 8.24. The Morgan fingerprint density at radius 1 is 1.35 bits per heavy atom. The highest BCUT2D eigenvalue weighted by Crippen LogP contribution is 2.02. The first-order valence-electron chi connectivity index (χ1n) is 6.82. The zero-order chi connectivity index (χ0) is 12.9. The predicted octanol–water partition coefficient (Wildman–Crippen LogP) is 3.09. The molecule has 0 aromatic heterocycles. The normalized spacial score (nSPS) is 14.0. The van der Waals surface area contributed by atoms with Crippen molar-refractivity contribution in [2.45, 2.75) is 58.9 Å². The smallest absolute Gasteiger partial charge is 0.191 e. The third-order valence-electron chi connectivity index (χ3n) is 2.69. The van der Waals surface area contributed by atoms with Crippen molar-refractivity contribution in [2.24, 2.45) is 4.99 Å². The van der Waals surface area contributed by atoms with Gasteiger partial charge in [0.05, 0.1) is 0 Å². The molecule has 0 saturated heterocycles. The lowest BCUT2D eigenvalue weighted by Crippen LogP contribution is -2.42. The van der Waals surface area contributed by atoms with Gasteiger partial charge in [-0.25, -0.2) is 0 Å². The first-order valence-corrected chi connectivity index (χ1v) is 6.82. The van der Waals surface area contributed by atoms with Gasteiger partial charge in [-0.2, -0.15) is 0 Å². The second kappa shape index (κ2) is 11.5. The number of aliphatic imine (C=N–C) groups is 1. The van der Waals surface area contributed by atoms with Crippen LogP contribution in [-0.4, -0.2) is 25.6 Å².